The highest BCUT2D eigenvalue weighted by molar-refractivity contribution is 5.95. The zero-order chi connectivity index (χ0) is 19.9. The van der Waals surface area contributed by atoms with Gasteiger partial charge >= 0.3 is 6.03 Å². The number of ether oxygens (including phenoxy) is 1. The summed E-state index contributed by atoms with van der Waals surface area (Å²) in [4.78, 5) is 28.3. The third kappa shape index (κ3) is 5.03. The largest absolute Gasteiger partial charge is 0.494 e. The van der Waals surface area contributed by atoms with Crippen LogP contribution in [0.5, 0.6) is 5.75 Å². The predicted octanol–water partition coefficient (Wildman–Crippen LogP) is 3.99. The first kappa shape index (κ1) is 19.7. The first-order valence-corrected chi connectivity index (χ1v) is 9.70. The molecule has 2 aromatic carbocycles. The molecule has 0 radical (unpaired) electrons. The number of hydrogen-bond donors (Lipinski definition) is 1. The van der Waals surface area contributed by atoms with E-state index in [9.17, 15) is 9.59 Å². The maximum absolute atomic E-state index is 12.4. The third-order valence-electron chi connectivity index (χ3n) is 4.78. The second-order valence-electron chi connectivity index (χ2n) is 6.94. The molecule has 148 valence electrons. The number of nitrogens with zero attached hydrogens (tertiary/aromatic N) is 2. The molecule has 1 aliphatic heterocycles. The number of likely N-dealkylation sites (tertiary alicyclic amines) is 1. The van der Waals surface area contributed by atoms with Gasteiger partial charge in [-0.25, -0.2) is 4.79 Å². The summed E-state index contributed by atoms with van der Waals surface area (Å²) >= 11 is 0. The fraction of sp³-hybridized carbons (Fsp3) is 0.364. The molecule has 1 saturated heterocycles. The van der Waals surface area contributed by atoms with Crippen molar-refractivity contribution in [3.63, 3.8) is 0 Å². The molecule has 0 saturated carbocycles. The van der Waals surface area contributed by atoms with Gasteiger partial charge in [0, 0.05) is 37.9 Å². The fourth-order valence-electron chi connectivity index (χ4n) is 3.22. The van der Waals surface area contributed by atoms with E-state index in [4.69, 9.17) is 4.74 Å². The Bertz CT molecular complexity index is 797. The Morgan fingerprint density at radius 2 is 1.68 bits per heavy atom. The van der Waals surface area contributed by atoms with Gasteiger partial charge < -0.3 is 19.9 Å². The molecule has 0 aromatic heterocycles. The van der Waals surface area contributed by atoms with Gasteiger partial charge in [-0.2, -0.15) is 0 Å². The Morgan fingerprint density at radius 1 is 1.04 bits per heavy atom. The molecule has 3 amide bonds. The van der Waals surface area contributed by atoms with E-state index in [1.807, 2.05) is 36.1 Å². The van der Waals surface area contributed by atoms with Crippen molar-refractivity contribution in [2.75, 3.05) is 32.1 Å². The summed E-state index contributed by atoms with van der Waals surface area (Å²) in [6, 6.07) is 14.6. The molecule has 0 bridgehead atoms. The van der Waals surface area contributed by atoms with Crippen molar-refractivity contribution in [3.05, 3.63) is 59.7 Å². The minimum atomic E-state index is -0.201. The minimum Gasteiger partial charge on any atom is -0.494 e. The van der Waals surface area contributed by atoms with E-state index < -0.39 is 0 Å². The van der Waals surface area contributed by atoms with Crippen molar-refractivity contribution in [1.82, 2.24) is 9.80 Å². The average Bonchev–Trinajstić information content (AvgIpc) is 3.24. The van der Waals surface area contributed by atoms with Crippen LogP contribution in [0.4, 0.5) is 10.5 Å². The van der Waals surface area contributed by atoms with Gasteiger partial charge in [0.1, 0.15) is 5.75 Å². The Balaban J connectivity index is 1.53. The molecule has 0 unspecified atom stereocenters. The molecule has 0 aliphatic carbocycles. The van der Waals surface area contributed by atoms with Crippen LogP contribution in [0.3, 0.4) is 0 Å². The van der Waals surface area contributed by atoms with E-state index >= 15 is 0 Å². The van der Waals surface area contributed by atoms with E-state index in [0.29, 0.717) is 24.4 Å². The summed E-state index contributed by atoms with van der Waals surface area (Å²) in [6.07, 6.45) is 2.14. The van der Waals surface area contributed by atoms with Crippen LogP contribution < -0.4 is 10.1 Å². The van der Waals surface area contributed by atoms with Crippen molar-refractivity contribution in [2.24, 2.45) is 0 Å². The topological polar surface area (TPSA) is 61.9 Å². The normalized spacial score (nSPS) is 13.3. The van der Waals surface area contributed by atoms with Gasteiger partial charge in [0.25, 0.3) is 5.91 Å². The van der Waals surface area contributed by atoms with Gasteiger partial charge in [-0.05, 0) is 61.7 Å². The molecule has 3 rings (SSSR count). The monoisotopic (exact) mass is 381 g/mol. The molecule has 1 aliphatic rings. The lowest BCUT2D eigenvalue weighted by atomic mass is 10.2. The lowest BCUT2D eigenvalue weighted by Gasteiger charge is -2.19. The Hall–Kier alpha value is -3.02. The molecule has 1 N–H and O–H groups in total. The Labute approximate surface area is 166 Å². The van der Waals surface area contributed by atoms with Crippen LogP contribution >= 0.6 is 0 Å². The summed E-state index contributed by atoms with van der Waals surface area (Å²) in [5.41, 5.74) is 2.34. The lowest BCUT2D eigenvalue weighted by Crippen LogP contribution is -2.31. The molecule has 6 heteroatoms. The first-order chi connectivity index (χ1) is 13.6. The second-order valence-corrected chi connectivity index (χ2v) is 6.94. The number of anilines is 1. The van der Waals surface area contributed by atoms with Crippen LogP contribution in [-0.4, -0.2) is 48.5 Å². The molecule has 0 atom stereocenters. The van der Waals surface area contributed by atoms with Crippen molar-refractivity contribution >= 4 is 17.6 Å². The first-order valence-electron chi connectivity index (χ1n) is 9.70. The molecule has 1 heterocycles. The van der Waals surface area contributed by atoms with Crippen LogP contribution in [0.2, 0.25) is 0 Å². The fourth-order valence-corrected chi connectivity index (χ4v) is 3.22. The SMILES string of the molecule is CCOc1ccc(CN(C)C(=O)Nc2ccc(C(=O)N3CCCC3)cc2)cc1. The van der Waals surface area contributed by atoms with Gasteiger partial charge in [0.2, 0.25) is 0 Å². The molecular formula is C22H27N3O3. The smallest absolute Gasteiger partial charge is 0.321 e. The summed E-state index contributed by atoms with van der Waals surface area (Å²) in [5.74, 6) is 0.880. The second kappa shape index (κ2) is 9.26. The number of hydrogen-bond acceptors (Lipinski definition) is 3. The quantitative estimate of drug-likeness (QED) is 0.823. The maximum atomic E-state index is 12.4. The lowest BCUT2D eigenvalue weighted by molar-refractivity contribution is 0.0793. The zero-order valence-corrected chi connectivity index (χ0v) is 16.5. The van der Waals surface area contributed by atoms with Gasteiger partial charge in [0.15, 0.2) is 0 Å². The zero-order valence-electron chi connectivity index (χ0n) is 16.5. The van der Waals surface area contributed by atoms with Crippen molar-refractivity contribution in [1.29, 1.82) is 0 Å². The van der Waals surface area contributed by atoms with E-state index in [2.05, 4.69) is 5.32 Å². The number of carbonyl (C=O) groups excluding carboxylic acids is 2. The molecule has 28 heavy (non-hydrogen) atoms. The number of rotatable bonds is 6. The van der Waals surface area contributed by atoms with E-state index in [1.54, 1.807) is 36.2 Å². The molecule has 1 fully saturated rings. The van der Waals surface area contributed by atoms with Gasteiger partial charge in [0.05, 0.1) is 6.61 Å². The van der Waals surface area contributed by atoms with Crippen LogP contribution in [0, 0.1) is 0 Å². The summed E-state index contributed by atoms with van der Waals surface area (Å²) in [6.45, 7) is 4.72. The maximum Gasteiger partial charge on any atom is 0.321 e. The molecular weight excluding hydrogens is 354 g/mol. The van der Waals surface area contributed by atoms with E-state index in [-0.39, 0.29) is 11.9 Å². The van der Waals surface area contributed by atoms with E-state index in [1.165, 1.54) is 0 Å². The summed E-state index contributed by atoms with van der Waals surface area (Å²) in [5, 5.41) is 2.87. The van der Waals surface area contributed by atoms with Gasteiger partial charge in [-0.1, -0.05) is 12.1 Å². The highest BCUT2D eigenvalue weighted by Crippen LogP contribution is 2.17. The Morgan fingerprint density at radius 3 is 2.29 bits per heavy atom. The van der Waals surface area contributed by atoms with Crippen LogP contribution in [0.15, 0.2) is 48.5 Å². The summed E-state index contributed by atoms with van der Waals surface area (Å²) < 4.78 is 5.43. The highest BCUT2D eigenvalue weighted by Gasteiger charge is 2.19. The number of nitrogens with one attached hydrogen (secondary N) is 1. The predicted molar refractivity (Wildman–Crippen MR) is 110 cm³/mol. The minimum absolute atomic E-state index is 0.0583. The molecule has 0 spiro atoms. The van der Waals surface area contributed by atoms with Crippen LogP contribution in [0.1, 0.15) is 35.7 Å². The average molecular weight is 381 g/mol. The third-order valence-corrected chi connectivity index (χ3v) is 4.78. The number of benzene rings is 2. The Kier molecular flexibility index (Phi) is 6.53. The summed E-state index contributed by atoms with van der Waals surface area (Å²) in [7, 11) is 1.75. The number of amides is 3. The number of urea groups is 1. The van der Waals surface area contributed by atoms with E-state index in [0.717, 1.165) is 37.2 Å². The molecule has 2 aromatic rings. The van der Waals surface area contributed by atoms with Crippen LogP contribution in [-0.2, 0) is 6.54 Å². The van der Waals surface area contributed by atoms with Crippen molar-refractivity contribution in [2.45, 2.75) is 26.3 Å². The van der Waals surface area contributed by atoms with Gasteiger partial charge in [-0.15, -0.1) is 0 Å². The highest BCUT2D eigenvalue weighted by atomic mass is 16.5. The standard InChI is InChI=1S/C22H27N3O3/c1-3-28-20-12-6-17(7-13-20)16-24(2)22(27)23-19-10-8-18(9-11-19)21(26)25-14-4-5-15-25/h6-13H,3-5,14-16H2,1-2H3,(H,23,27). The van der Waals surface area contributed by atoms with Gasteiger partial charge in [-0.3, -0.25) is 4.79 Å². The van der Waals surface area contributed by atoms with Crippen LogP contribution in [0.25, 0.3) is 0 Å². The molecule has 6 nitrogen and oxygen atoms in total. The van der Waals surface area contributed by atoms with Crippen molar-refractivity contribution in [3.8, 4) is 5.75 Å². The van der Waals surface area contributed by atoms with Crippen molar-refractivity contribution < 1.29 is 14.3 Å². The number of carbonyl (C=O) groups is 2.